The Morgan fingerprint density at radius 3 is 2.75 bits per heavy atom. The third-order valence-corrected chi connectivity index (χ3v) is 4.49. The molecule has 2 aliphatic rings. The van der Waals surface area contributed by atoms with Gasteiger partial charge in [-0.3, -0.25) is 4.79 Å². The molecule has 20 heavy (non-hydrogen) atoms. The van der Waals surface area contributed by atoms with Crippen molar-refractivity contribution < 1.29 is 9.53 Å². The molecule has 110 valence electrons. The number of carbonyl (C=O) groups is 1. The maximum absolute atomic E-state index is 12.2. The Kier molecular flexibility index (Phi) is 4.41. The molecule has 4 nitrogen and oxygen atoms in total. The molecule has 2 N–H and O–H groups in total. The van der Waals surface area contributed by atoms with Gasteiger partial charge in [0.25, 0.3) is 5.91 Å². The number of hydrogen-bond donors (Lipinski definition) is 2. The van der Waals surface area contributed by atoms with E-state index in [9.17, 15) is 4.79 Å². The Hall–Kier alpha value is -1.29. The molecule has 0 aromatic carbocycles. The summed E-state index contributed by atoms with van der Waals surface area (Å²) in [6, 6.07) is 4.17. The van der Waals surface area contributed by atoms with E-state index in [1.54, 1.807) is 0 Å². The number of aromatic nitrogens is 1. The molecule has 0 bridgehead atoms. The molecule has 2 fully saturated rings. The number of rotatable bonds is 3. The molecule has 0 radical (unpaired) electrons. The second kappa shape index (κ2) is 6.44. The zero-order valence-electron chi connectivity index (χ0n) is 12.0. The van der Waals surface area contributed by atoms with E-state index in [1.165, 1.54) is 37.8 Å². The van der Waals surface area contributed by atoms with Crippen LogP contribution in [0.1, 0.15) is 67.0 Å². The third kappa shape index (κ3) is 3.23. The van der Waals surface area contributed by atoms with Crippen molar-refractivity contribution in [1.82, 2.24) is 10.3 Å². The van der Waals surface area contributed by atoms with E-state index in [4.69, 9.17) is 4.74 Å². The summed E-state index contributed by atoms with van der Waals surface area (Å²) in [6.07, 6.45) is 8.52. The molecule has 1 aromatic heterocycles. The van der Waals surface area contributed by atoms with Crippen molar-refractivity contribution in [2.45, 2.75) is 56.9 Å². The highest BCUT2D eigenvalue weighted by Gasteiger charge is 2.20. The number of nitrogens with one attached hydrogen (secondary N) is 2. The van der Waals surface area contributed by atoms with Crippen molar-refractivity contribution in [3.05, 3.63) is 23.5 Å². The summed E-state index contributed by atoms with van der Waals surface area (Å²) in [7, 11) is 0. The summed E-state index contributed by atoms with van der Waals surface area (Å²) in [5.74, 6) is 0.617. The summed E-state index contributed by atoms with van der Waals surface area (Å²) in [5.41, 5.74) is 1.92. The Bertz CT molecular complexity index is 443. The molecular weight excluding hydrogens is 252 g/mol. The highest BCUT2D eigenvalue weighted by atomic mass is 16.5. The van der Waals surface area contributed by atoms with Gasteiger partial charge in [0, 0.05) is 12.3 Å². The summed E-state index contributed by atoms with van der Waals surface area (Å²) in [4.78, 5) is 15.5. The monoisotopic (exact) mass is 276 g/mol. The van der Waals surface area contributed by atoms with Gasteiger partial charge < -0.3 is 15.0 Å². The zero-order valence-corrected chi connectivity index (χ0v) is 12.0. The normalized spacial score (nSPS) is 24.5. The van der Waals surface area contributed by atoms with Crippen LogP contribution in [0.25, 0.3) is 0 Å². The van der Waals surface area contributed by atoms with Crippen molar-refractivity contribution in [1.29, 1.82) is 0 Å². The van der Waals surface area contributed by atoms with E-state index in [0.29, 0.717) is 18.2 Å². The largest absolute Gasteiger partial charge is 0.379 e. The highest BCUT2D eigenvalue weighted by molar-refractivity contribution is 5.92. The van der Waals surface area contributed by atoms with Crippen LogP contribution in [0.3, 0.4) is 0 Å². The minimum absolute atomic E-state index is 0.00237. The highest BCUT2D eigenvalue weighted by Crippen LogP contribution is 2.31. The van der Waals surface area contributed by atoms with Crippen LogP contribution in [0.5, 0.6) is 0 Å². The number of hydrogen-bond acceptors (Lipinski definition) is 2. The average molecular weight is 276 g/mol. The van der Waals surface area contributed by atoms with Gasteiger partial charge in [-0.1, -0.05) is 19.3 Å². The molecule has 4 heteroatoms. The first kappa shape index (κ1) is 13.7. The Balaban J connectivity index is 1.58. The lowest BCUT2D eigenvalue weighted by atomic mass is 9.87. The van der Waals surface area contributed by atoms with Crippen LogP contribution in [0, 0.1) is 0 Å². The number of carbonyl (C=O) groups excluding carboxylic acids is 1. The van der Waals surface area contributed by atoms with Gasteiger partial charge in [-0.15, -0.1) is 0 Å². The predicted octanol–water partition coefficient (Wildman–Crippen LogP) is 2.97. The van der Waals surface area contributed by atoms with E-state index in [1.807, 2.05) is 6.07 Å². The molecular formula is C16H24N2O2. The lowest BCUT2D eigenvalue weighted by Gasteiger charge is -2.23. The first-order valence-corrected chi connectivity index (χ1v) is 7.90. The van der Waals surface area contributed by atoms with Gasteiger partial charge in [0.15, 0.2) is 0 Å². The van der Waals surface area contributed by atoms with Crippen molar-refractivity contribution >= 4 is 5.91 Å². The van der Waals surface area contributed by atoms with Crippen LogP contribution in [-0.2, 0) is 4.74 Å². The Morgan fingerprint density at radius 1 is 1.15 bits per heavy atom. The van der Waals surface area contributed by atoms with Gasteiger partial charge in [0.2, 0.25) is 0 Å². The van der Waals surface area contributed by atoms with Crippen molar-refractivity contribution in [2.24, 2.45) is 0 Å². The average Bonchev–Trinajstić information content (AvgIpc) is 2.99. The van der Waals surface area contributed by atoms with Gasteiger partial charge in [-0.25, -0.2) is 0 Å². The van der Waals surface area contributed by atoms with Gasteiger partial charge >= 0.3 is 0 Å². The molecule has 1 aliphatic carbocycles. The van der Waals surface area contributed by atoms with Crippen LogP contribution in [-0.4, -0.2) is 30.1 Å². The fraction of sp³-hybridized carbons (Fsp3) is 0.688. The van der Waals surface area contributed by atoms with Gasteiger partial charge in [-0.05, 0) is 43.7 Å². The quantitative estimate of drug-likeness (QED) is 0.891. The standard InChI is InChI=1S/C16H24N2O2/c19-16(17-13-7-4-10-20-11-13)15-9-8-14(18-15)12-5-2-1-3-6-12/h8-9,12-13,18H,1-7,10-11H2,(H,17,19)/t13-/m1/s1. The number of aromatic amines is 1. The summed E-state index contributed by atoms with van der Waals surface area (Å²) in [6.45, 7) is 1.46. The van der Waals surface area contributed by atoms with Crippen LogP contribution in [0.15, 0.2) is 12.1 Å². The number of ether oxygens (including phenoxy) is 1. The second-order valence-electron chi connectivity index (χ2n) is 6.05. The fourth-order valence-electron chi connectivity index (χ4n) is 3.31. The maximum Gasteiger partial charge on any atom is 0.267 e. The zero-order chi connectivity index (χ0) is 13.8. The molecule has 1 aromatic rings. The minimum atomic E-state index is 0.00237. The lowest BCUT2D eigenvalue weighted by molar-refractivity contribution is 0.0622. The van der Waals surface area contributed by atoms with Crippen LogP contribution in [0.4, 0.5) is 0 Å². The van der Waals surface area contributed by atoms with Crippen LogP contribution in [0.2, 0.25) is 0 Å². The first-order chi connectivity index (χ1) is 9.83. The molecule has 0 unspecified atom stereocenters. The summed E-state index contributed by atoms with van der Waals surface area (Å²) in [5, 5.41) is 3.06. The summed E-state index contributed by atoms with van der Waals surface area (Å²) >= 11 is 0. The molecule has 2 heterocycles. The first-order valence-electron chi connectivity index (χ1n) is 7.90. The SMILES string of the molecule is O=C(N[C@@H]1CCCOC1)c1ccc(C2CCCCC2)[nH]1. The predicted molar refractivity (Wildman–Crippen MR) is 77.9 cm³/mol. The van der Waals surface area contributed by atoms with Gasteiger partial charge in [0.1, 0.15) is 5.69 Å². The number of amides is 1. The molecule has 1 atom stereocenters. The molecule has 1 aliphatic heterocycles. The minimum Gasteiger partial charge on any atom is -0.379 e. The van der Waals surface area contributed by atoms with Gasteiger partial charge in [0.05, 0.1) is 12.6 Å². The van der Waals surface area contributed by atoms with E-state index >= 15 is 0 Å². The number of H-pyrrole nitrogens is 1. The molecule has 3 rings (SSSR count). The van der Waals surface area contributed by atoms with Gasteiger partial charge in [-0.2, -0.15) is 0 Å². The van der Waals surface area contributed by atoms with E-state index in [2.05, 4.69) is 16.4 Å². The summed E-state index contributed by atoms with van der Waals surface area (Å²) < 4.78 is 5.39. The molecule has 1 amide bonds. The van der Waals surface area contributed by atoms with Crippen molar-refractivity contribution in [3.8, 4) is 0 Å². The molecule has 0 spiro atoms. The van der Waals surface area contributed by atoms with Crippen LogP contribution < -0.4 is 5.32 Å². The third-order valence-electron chi connectivity index (χ3n) is 4.49. The van der Waals surface area contributed by atoms with Crippen molar-refractivity contribution in [2.75, 3.05) is 13.2 Å². The van der Waals surface area contributed by atoms with Crippen LogP contribution >= 0.6 is 0 Å². The van der Waals surface area contributed by atoms with E-state index in [0.717, 1.165) is 19.4 Å². The Morgan fingerprint density at radius 2 is 2.00 bits per heavy atom. The van der Waals surface area contributed by atoms with E-state index < -0.39 is 0 Å². The molecule has 1 saturated carbocycles. The Labute approximate surface area is 120 Å². The second-order valence-corrected chi connectivity index (χ2v) is 6.05. The van der Waals surface area contributed by atoms with E-state index in [-0.39, 0.29) is 11.9 Å². The molecule has 1 saturated heterocycles. The van der Waals surface area contributed by atoms with Crippen molar-refractivity contribution in [3.63, 3.8) is 0 Å². The smallest absolute Gasteiger partial charge is 0.267 e. The maximum atomic E-state index is 12.2. The fourth-order valence-corrected chi connectivity index (χ4v) is 3.31. The lowest BCUT2D eigenvalue weighted by Crippen LogP contribution is -2.40. The topological polar surface area (TPSA) is 54.1 Å².